The van der Waals surface area contributed by atoms with Crippen LogP contribution in [0, 0.1) is 0 Å². The highest BCUT2D eigenvalue weighted by Gasteiger charge is 2.38. The van der Waals surface area contributed by atoms with Gasteiger partial charge in [0.05, 0.1) is 6.10 Å². The molecular weight excluding hydrogens is 145 g/mol. The van der Waals surface area contributed by atoms with Crippen LogP contribution in [0.5, 0.6) is 0 Å². The molecule has 1 N–H and O–H groups in total. The van der Waals surface area contributed by atoms with Gasteiger partial charge in [0, 0.05) is 12.1 Å². The first-order valence-electron chi connectivity index (χ1n) is 4.29. The largest absolute Gasteiger partial charge is 0.345 e. The first kappa shape index (κ1) is 7.50. The van der Waals surface area contributed by atoms with Crippen molar-refractivity contribution in [3.8, 4) is 0 Å². The molecule has 3 unspecified atom stereocenters. The lowest BCUT2D eigenvalue weighted by atomic mass is 9.81. The summed E-state index contributed by atoms with van der Waals surface area (Å²) in [4.78, 5) is 0. The smallest absolute Gasteiger partial charge is 0.196 e. The third-order valence-corrected chi connectivity index (χ3v) is 2.52. The predicted molar refractivity (Wildman–Crippen MR) is 40.0 cm³/mol. The Hall–Kier alpha value is -0.150. The third kappa shape index (κ3) is 1.54. The van der Waals surface area contributed by atoms with E-state index in [1.165, 1.54) is 13.3 Å². The molecule has 3 fully saturated rings. The second-order valence-electron chi connectivity index (χ2n) is 3.57. The maximum absolute atomic E-state index is 12.4. The molecule has 0 radical (unpaired) electrons. The number of piperidine rings is 1. The molecule has 1 aliphatic carbocycles. The van der Waals surface area contributed by atoms with Crippen LogP contribution in [0.2, 0.25) is 0 Å². The fourth-order valence-electron chi connectivity index (χ4n) is 2.09. The van der Waals surface area contributed by atoms with E-state index in [1.807, 2.05) is 0 Å². The van der Waals surface area contributed by atoms with Crippen LogP contribution in [0.4, 0.5) is 4.39 Å². The highest BCUT2D eigenvalue weighted by molar-refractivity contribution is 4.97. The molecule has 0 amide bonds. The highest BCUT2D eigenvalue weighted by atomic mass is 19.1. The van der Waals surface area contributed by atoms with Crippen LogP contribution in [-0.2, 0) is 4.74 Å². The summed E-state index contributed by atoms with van der Waals surface area (Å²) in [6.45, 7) is 1.45. The maximum atomic E-state index is 12.4. The van der Waals surface area contributed by atoms with Crippen LogP contribution in [0.3, 0.4) is 0 Å². The van der Waals surface area contributed by atoms with Crippen LogP contribution in [0.25, 0.3) is 0 Å². The van der Waals surface area contributed by atoms with Gasteiger partial charge in [0.15, 0.2) is 6.36 Å². The second kappa shape index (κ2) is 2.72. The molecule has 11 heavy (non-hydrogen) atoms. The van der Waals surface area contributed by atoms with Crippen molar-refractivity contribution in [3.63, 3.8) is 0 Å². The highest BCUT2D eigenvalue weighted by Crippen LogP contribution is 2.30. The molecule has 3 rings (SSSR count). The Morgan fingerprint density at radius 3 is 2.36 bits per heavy atom. The lowest BCUT2D eigenvalue weighted by molar-refractivity contribution is -0.108. The van der Waals surface area contributed by atoms with Crippen LogP contribution in [0.15, 0.2) is 0 Å². The molecule has 2 saturated heterocycles. The Bertz CT molecular complexity index is 132. The Kier molecular flexibility index (Phi) is 1.85. The zero-order valence-electron chi connectivity index (χ0n) is 6.72. The summed E-state index contributed by atoms with van der Waals surface area (Å²) in [5.41, 5.74) is 0. The summed E-state index contributed by atoms with van der Waals surface area (Å²) in [6, 6.07) is 1.22. The van der Waals surface area contributed by atoms with E-state index in [0.29, 0.717) is 12.1 Å². The molecule has 2 heterocycles. The third-order valence-electron chi connectivity index (χ3n) is 2.52. The van der Waals surface area contributed by atoms with E-state index in [9.17, 15) is 4.39 Å². The minimum atomic E-state index is -1.10. The molecule has 1 saturated carbocycles. The minimum Gasteiger partial charge on any atom is -0.345 e. The summed E-state index contributed by atoms with van der Waals surface area (Å²) >= 11 is 0. The standard InChI is InChI=1S/C8H14FNO/c1-5(9)11-8-3-6-2-7(4-8)10-6/h5-8,10H,2-4H2,1H3/t5?,6-,7?,8?/m0/s1. The van der Waals surface area contributed by atoms with Crippen molar-refractivity contribution in [1.29, 1.82) is 0 Å². The van der Waals surface area contributed by atoms with Gasteiger partial charge in [-0.15, -0.1) is 0 Å². The minimum absolute atomic E-state index is 0.167. The van der Waals surface area contributed by atoms with Gasteiger partial charge in [-0.1, -0.05) is 0 Å². The number of fused-ring (bicyclic) bond motifs is 2. The molecular formula is C8H14FNO. The quantitative estimate of drug-likeness (QED) is 0.654. The topological polar surface area (TPSA) is 21.3 Å². The van der Waals surface area contributed by atoms with E-state index < -0.39 is 6.36 Å². The molecule has 2 nitrogen and oxygen atoms in total. The van der Waals surface area contributed by atoms with Crippen LogP contribution in [-0.4, -0.2) is 24.5 Å². The normalized spacial score (nSPS) is 44.7. The summed E-state index contributed by atoms with van der Waals surface area (Å²) in [5, 5.41) is 3.38. The summed E-state index contributed by atoms with van der Waals surface area (Å²) in [5.74, 6) is 0. The predicted octanol–water partition coefficient (Wildman–Crippen LogP) is 1.21. The lowest BCUT2D eigenvalue weighted by Crippen LogP contribution is -2.59. The van der Waals surface area contributed by atoms with Gasteiger partial charge in [0.2, 0.25) is 0 Å². The Balaban J connectivity index is 1.79. The van der Waals surface area contributed by atoms with Gasteiger partial charge in [-0.2, -0.15) is 0 Å². The molecule has 2 aliphatic heterocycles. The molecule has 0 aromatic carbocycles. The van der Waals surface area contributed by atoms with Crippen LogP contribution in [0.1, 0.15) is 26.2 Å². The van der Waals surface area contributed by atoms with Crippen molar-refractivity contribution in [2.45, 2.75) is 50.7 Å². The summed E-state index contributed by atoms with van der Waals surface area (Å²) < 4.78 is 17.5. The fourth-order valence-corrected chi connectivity index (χ4v) is 2.09. The Morgan fingerprint density at radius 1 is 1.36 bits per heavy atom. The van der Waals surface area contributed by atoms with Gasteiger partial charge >= 0.3 is 0 Å². The lowest BCUT2D eigenvalue weighted by Gasteiger charge is -2.46. The average molecular weight is 159 g/mol. The van der Waals surface area contributed by atoms with Crippen molar-refractivity contribution in [1.82, 2.24) is 5.32 Å². The summed E-state index contributed by atoms with van der Waals surface area (Å²) in [6.07, 6.45) is 2.31. The van der Waals surface area contributed by atoms with Gasteiger partial charge in [-0.25, -0.2) is 4.39 Å². The zero-order chi connectivity index (χ0) is 7.84. The van der Waals surface area contributed by atoms with Crippen LogP contribution < -0.4 is 5.32 Å². The second-order valence-corrected chi connectivity index (χ2v) is 3.57. The summed E-state index contributed by atoms with van der Waals surface area (Å²) in [7, 11) is 0. The number of hydrogen-bond donors (Lipinski definition) is 1. The number of ether oxygens (including phenoxy) is 1. The van der Waals surface area contributed by atoms with Gasteiger partial charge in [0.25, 0.3) is 0 Å². The molecule has 3 aliphatic rings. The van der Waals surface area contributed by atoms with Gasteiger partial charge in [0.1, 0.15) is 0 Å². The SMILES string of the molecule is CC(F)OC1CC2C[C@@H](C1)N2. The number of nitrogens with one attached hydrogen (secondary N) is 1. The molecule has 0 aromatic rings. The Morgan fingerprint density at radius 2 is 1.91 bits per heavy atom. The number of alkyl halides is 1. The van der Waals surface area contributed by atoms with E-state index >= 15 is 0 Å². The van der Waals surface area contributed by atoms with E-state index in [1.54, 1.807) is 0 Å². The van der Waals surface area contributed by atoms with Crippen molar-refractivity contribution in [3.05, 3.63) is 0 Å². The number of halogens is 1. The number of rotatable bonds is 2. The Labute approximate surface area is 66.1 Å². The molecule has 3 heteroatoms. The maximum Gasteiger partial charge on any atom is 0.196 e. The fraction of sp³-hybridized carbons (Fsp3) is 1.00. The van der Waals surface area contributed by atoms with E-state index in [4.69, 9.17) is 4.74 Å². The van der Waals surface area contributed by atoms with Gasteiger partial charge in [-0.05, 0) is 26.2 Å². The molecule has 0 aromatic heterocycles. The monoisotopic (exact) mass is 159 g/mol. The zero-order valence-corrected chi connectivity index (χ0v) is 6.72. The van der Waals surface area contributed by atoms with Gasteiger partial charge < -0.3 is 10.1 Å². The van der Waals surface area contributed by atoms with Gasteiger partial charge in [-0.3, -0.25) is 0 Å². The molecule has 0 spiro atoms. The van der Waals surface area contributed by atoms with Crippen molar-refractivity contribution < 1.29 is 9.13 Å². The average Bonchev–Trinajstić information content (AvgIpc) is 1.83. The first-order valence-corrected chi connectivity index (χ1v) is 4.29. The molecule has 2 bridgehead atoms. The molecule has 4 atom stereocenters. The van der Waals surface area contributed by atoms with Crippen molar-refractivity contribution in [2.24, 2.45) is 0 Å². The van der Waals surface area contributed by atoms with E-state index in [0.717, 1.165) is 12.8 Å². The number of hydrogen-bond acceptors (Lipinski definition) is 2. The van der Waals surface area contributed by atoms with E-state index in [2.05, 4.69) is 5.32 Å². The van der Waals surface area contributed by atoms with Crippen LogP contribution >= 0.6 is 0 Å². The first-order chi connectivity index (χ1) is 5.24. The molecule has 64 valence electrons. The van der Waals surface area contributed by atoms with Crippen molar-refractivity contribution >= 4 is 0 Å². The van der Waals surface area contributed by atoms with Crippen molar-refractivity contribution in [2.75, 3.05) is 0 Å². The van der Waals surface area contributed by atoms with E-state index in [-0.39, 0.29) is 6.10 Å².